The summed E-state index contributed by atoms with van der Waals surface area (Å²) in [6.07, 6.45) is 0. The van der Waals surface area contributed by atoms with E-state index in [-0.39, 0.29) is 0 Å². The third-order valence-corrected chi connectivity index (χ3v) is 7.31. The van der Waals surface area contributed by atoms with Crippen LogP contribution in [0.4, 0.5) is 11.4 Å². The van der Waals surface area contributed by atoms with Gasteiger partial charge in [0.1, 0.15) is 0 Å². The monoisotopic (exact) mass is 417 g/mol. The molecule has 0 spiro atoms. The van der Waals surface area contributed by atoms with Crippen LogP contribution in [0.1, 0.15) is 0 Å². The summed E-state index contributed by atoms with van der Waals surface area (Å²) in [5, 5.41) is 3.42. The zero-order valence-electron chi connectivity index (χ0n) is 15.5. The minimum absolute atomic E-state index is 0.330. The molecule has 4 aromatic rings. The molecular formula is C24H19NO2S2. The normalized spacial score (nSPS) is 11.9. The number of para-hydroxylation sites is 2. The Morgan fingerprint density at radius 3 is 1.34 bits per heavy atom. The first-order valence-electron chi connectivity index (χ1n) is 9.13. The average Bonchev–Trinajstić information content (AvgIpc) is 2.79. The Morgan fingerprint density at radius 1 is 0.517 bits per heavy atom. The molecule has 0 bridgehead atoms. The Labute approximate surface area is 175 Å². The molecule has 0 amide bonds. The van der Waals surface area contributed by atoms with Gasteiger partial charge in [0, 0.05) is 9.79 Å². The molecule has 5 rings (SSSR count). The summed E-state index contributed by atoms with van der Waals surface area (Å²) in [6, 6.07) is 33.6. The Hall–Kier alpha value is -3.02. The molecule has 1 aliphatic heterocycles. The van der Waals surface area contributed by atoms with Gasteiger partial charge in [-0.2, -0.15) is 0 Å². The van der Waals surface area contributed by atoms with Gasteiger partial charge < -0.3 is 5.32 Å². The second kappa shape index (κ2) is 8.55. The maximum Gasteiger partial charge on any atom is 0.206 e. The molecule has 5 heteroatoms. The van der Waals surface area contributed by atoms with Gasteiger partial charge in [0.2, 0.25) is 9.84 Å². The lowest BCUT2D eigenvalue weighted by molar-refractivity contribution is 0.596. The van der Waals surface area contributed by atoms with Gasteiger partial charge in [-0.25, -0.2) is 8.42 Å². The van der Waals surface area contributed by atoms with Gasteiger partial charge >= 0.3 is 0 Å². The molecule has 1 aliphatic rings. The van der Waals surface area contributed by atoms with Gasteiger partial charge in [-0.15, -0.1) is 0 Å². The van der Waals surface area contributed by atoms with Gasteiger partial charge in [-0.1, -0.05) is 72.4 Å². The van der Waals surface area contributed by atoms with Crippen molar-refractivity contribution < 1.29 is 8.42 Å². The topological polar surface area (TPSA) is 46.2 Å². The van der Waals surface area contributed by atoms with E-state index >= 15 is 0 Å². The number of hydrogen-bond donors (Lipinski definition) is 1. The molecule has 0 atom stereocenters. The van der Waals surface area contributed by atoms with Crippen molar-refractivity contribution in [2.75, 3.05) is 5.32 Å². The molecule has 1 N–H and O–H groups in total. The van der Waals surface area contributed by atoms with Gasteiger partial charge in [-0.05, 0) is 48.5 Å². The van der Waals surface area contributed by atoms with Crippen molar-refractivity contribution in [3.8, 4) is 0 Å². The maximum absolute atomic E-state index is 12.0. The molecular weight excluding hydrogens is 398 g/mol. The van der Waals surface area contributed by atoms with Crippen LogP contribution in [-0.2, 0) is 9.84 Å². The number of benzene rings is 4. The lowest BCUT2D eigenvalue weighted by Crippen LogP contribution is -2.00. The predicted molar refractivity (Wildman–Crippen MR) is 119 cm³/mol. The van der Waals surface area contributed by atoms with E-state index in [1.54, 1.807) is 60.7 Å². The number of anilines is 2. The lowest BCUT2D eigenvalue weighted by atomic mass is 10.2. The first-order chi connectivity index (χ1) is 14.1. The fourth-order valence-corrected chi connectivity index (χ4v) is 5.21. The molecule has 0 fully saturated rings. The minimum Gasteiger partial charge on any atom is -0.354 e. The highest BCUT2D eigenvalue weighted by Gasteiger charge is 2.16. The Balaban J connectivity index is 0.000000141. The van der Waals surface area contributed by atoms with Gasteiger partial charge in [0.25, 0.3) is 0 Å². The second-order valence-electron chi connectivity index (χ2n) is 6.35. The summed E-state index contributed by atoms with van der Waals surface area (Å²) in [5.74, 6) is 0. The number of fused-ring (bicyclic) bond motifs is 2. The molecule has 144 valence electrons. The molecule has 0 aromatic heterocycles. The first-order valence-corrected chi connectivity index (χ1v) is 11.4. The van der Waals surface area contributed by atoms with Crippen LogP contribution in [0.3, 0.4) is 0 Å². The molecule has 0 saturated carbocycles. The van der Waals surface area contributed by atoms with Crippen molar-refractivity contribution >= 4 is 33.0 Å². The Bertz CT molecular complexity index is 1070. The molecule has 29 heavy (non-hydrogen) atoms. The number of rotatable bonds is 2. The van der Waals surface area contributed by atoms with Crippen molar-refractivity contribution in [3.05, 3.63) is 109 Å². The van der Waals surface area contributed by atoms with Crippen molar-refractivity contribution in [2.45, 2.75) is 19.6 Å². The van der Waals surface area contributed by atoms with E-state index in [2.05, 4.69) is 53.8 Å². The standard InChI is InChI=1S/C12H9NS.C12H10O2S/c1-3-7-11-9(5-1)13-10-6-2-4-8-12(10)14-11;13-15(14,11-7-3-1-4-8-11)12-9-5-2-6-10-12/h1-8,13H;1-10H. The van der Waals surface area contributed by atoms with Crippen LogP contribution in [0.2, 0.25) is 0 Å². The largest absolute Gasteiger partial charge is 0.354 e. The summed E-state index contributed by atoms with van der Waals surface area (Å²) in [5.41, 5.74) is 2.41. The van der Waals surface area contributed by atoms with E-state index in [1.807, 2.05) is 11.8 Å². The zero-order valence-corrected chi connectivity index (χ0v) is 17.2. The highest BCUT2D eigenvalue weighted by atomic mass is 32.2. The number of hydrogen-bond acceptors (Lipinski definition) is 4. The molecule has 0 saturated heterocycles. The van der Waals surface area contributed by atoms with Gasteiger partial charge in [0.15, 0.2) is 0 Å². The average molecular weight is 418 g/mol. The summed E-state index contributed by atoms with van der Waals surface area (Å²) in [7, 11) is -3.34. The summed E-state index contributed by atoms with van der Waals surface area (Å²) < 4.78 is 24.1. The van der Waals surface area contributed by atoms with Crippen molar-refractivity contribution in [1.82, 2.24) is 0 Å². The van der Waals surface area contributed by atoms with Crippen molar-refractivity contribution in [2.24, 2.45) is 0 Å². The van der Waals surface area contributed by atoms with Crippen LogP contribution >= 0.6 is 11.8 Å². The van der Waals surface area contributed by atoms with Gasteiger partial charge in [0.05, 0.1) is 21.2 Å². The highest BCUT2D eigenvalue weighted by Crippen LogP contribution is 2.43. The van der Waals surface area contributed by atoms with E-state index in [4.69, 9.17) is 0 Å². The zero-order chi connectivity index (χ0) is 20.1. The fraction of sp³-hybridized carbons (Fsp3) is 0. The number of nitrogens with one attached hydrogen (secondary N) is 1. The first kappa shape index (κ1) is 19.3. The van der Waals surface area contributed by atoms with E-state index in [0.717, 1.165) is 0 Å². The molecule has 3 nitrogen and oxygen atoms in total. The lowest BCUT2D eigenvalue weighted by Gasteiger charge is -2.19. The Kier molecular flexibility index (Phi) is 5.69. The van der Waals surface area contributed by atoms with E-state index in [9.17, 15) is 8.42 Å². The molecule has 0 unspecified atom stereocenters. The molecule has 0 aliphatic carbocycles. The fourth-order valence-electron chi connectivity index (χ4n) is 2.92. The van der Waals surface area contributed by atoms with E-state index in [1.165, 1.54) is 21.2 Å². The molecule has 1 heterocycles. The summed E-state index contributed by atoms with van der Waals surface area (Å²) in [4.78, 5) is 3.25. The minimum atomic E-state index is -3.34. The van der Waals surface area contributed by atoms with Crippen molar-refractivity contribution in [1.29, 1.82) is 0 Å². The van der Waals surface area contributed by atoms with Crippen molar-refractivity contribution in [3.63, 3.8) is 0 Å². The van der Waals surface area contributed by atoms with E-state index in [0.29, 0.717) is 9.79 Å². The third kappa shape index (κ3) is 4.36. The van der Waals surface area contributed by atoms with Crippen LogP contribution in [0, 0.1) is 0 Å². The highest BCUT2D eigenvalue weighted by molar-refractivity contribution is 7.99. The van der Waals surface area contributed by atoms with Crippen LogP contribution in [-0.4, -0.2) is 8.42 Å². The SMILES string of the molecule is O=S(=O)(c1ccccc1)c1ccccc1.c1ccc2c(c1)Nc1ccccc1S2. The van der Waals surface area contributed by atoms with Crippen LogP contribution < -0.4 is 5.32 Å². The quantitative estimate of drug-likeness (QED) is 0.360. The smallest absolute Gasteiger partial charge is 0.206 e. The maximum atomic E-state index is 12.0. The Morgan fingerprint density at radius 2 is 0.897 bits per heavy atom. The number of sulfone groups is 1. The van der Waals surface area contributed by atoms with Crippen LogP contribution in [0.15, 0.2) is 129 Å². The second-order valence-corrected chi connectivity index (χ2v) is 9.38. The van der Waals surface area contributed by atoms with Gasteiger partial charge in [-0.3, -0.25) is 0 Å². The summed E-state index contributed by atoms with van der Waals surface area (Å²) >= 11 is 1.82. The molecule has 0 radical (unpaired) electrons. The molecule has 4 aromatic carbocycles. The predicted octanol–water partition coefficient (Wildman–Crippen LogP) is 6.41. The van der Waals surface area contributed by atoms with Crippen LogP contribution in [0.5, 0.6) is 0 Å². The third-order valence-electron chi connectivity index (χ3n) is 4.37. The van der Waals surface area contributed by atoms with Crippen LogP contribution in [0.25, 0.3) is 0 Å². The summed E-state index contributed by atoms with van der Waals surface area (Å²) in [6.45, 7) is 0. The van der Waals surface area contributed by atoms with E-state index < -0.39 is 9.84 Å².